The second-order valence-electron chi connectivity index (χ2n) is 13.3. The third-order valence-electron chi connectivity index (χ3n) is 10.4. The molecule has 0 saturated carbocycles. The van der Waals surface area contributed by atoms with E-state index in [1.807, 2.05) is 65.9 Å². The topological polar surface area (TPSA) is 16.1 Å². The van der Waals surface area contributed by atoms with Gasteiger partial charge in [0.25, 0.3) is 0 Å². The number of alkyl halides is 1. The third-order valence-corrected chi connectivity index (χ3v) is 16.4. The summed E-state index contributed by atoms with van der Waals surface area (Å²) in [4.78, 5) is 6.73. The van der Waals surface area contributed by atoms with Crippen molar-refractivity contribution in [3.63, 3.8) is 0 Å². The average Bonchev–Trinajstić information content (AvgIpc) is 3.62. The van der Waals surface area contributed by atoms with Crippen molar-refractivity contribution in [2.24, 2.45) is 0 Å². The molecule has 0 amide bonds. The minimum absolute atomic E-state index is 0. The fraction of sp³-hybridized carbons (Fsp3) is 0.0208. The van der Waals surface area contributed by atoms with Crippen LogP contribution in [0, 0.1) is 18.2 Å². The van der Waals surface area contributed by atoms with Crippen LogP contribution < -0.4 is 25.6 Å². The van der Waals surface area contributed by atoms with E-state index in [1.165, 1.54) is 40.9 Å². The largest absolute Gasteiger partial charge is 0.358 e. The minimum atomic E-state index is -2.99. The van der Waals surface area contributed by atoms with Crippen LogP contribution >= 0.6 is 11.3 Å². The quantitative estimate of drug-likeness (QED) is 0.123. The first kappa shape index (κ1) is 34.3. The summed E-state index contributed by atoms with van der Waals surface area (Å²) in [5, 5.41) is 7.70. The van der Waals surface area contributed by atoms with Crippen molar-refractivity contribution in [3.05, 3.63) is 205 Å². The fourth-order valence-corrected chi connectivity index (χ4v) is 14.7. The molecular weight excluding hydrogens is 790 g/mol. The minimum Gasteiger partial charge on any atom is -0.358 e. The Morgan fingerprint density at radius 1 is 0.630 bits per heavy atom. The average molecular weight is 820 g/mol. The Bertz CT molecular complexity index is 2730. The zero-order valence-electron chi connectivity index (χ0n) is 28.8. The summed E-state index contributed by atoms with van der Waals surface area (Å²) in [5.41, 5.74) is 5.20. The number of benzene rings is 7. The van der Waals surface area contributed by atoms with E-state index in [0.29, 0.717) is 11.1 Å². The zero-order valence-corrected chi connectivity index (χ0v) is 32.2. The predicted molar refractivity (Wildman–Crippen MR) is 220 cm³/mol. The third kappa shape index (κ3) is 5.41. The molecule has 2 nitrogen and oxygen atoms in total. The number of halogens is 1. The Balaban J connectivity index is 0.00000384. The molecule has 7 aromatic carbocycles. The molecule has 2 aromatic heterocycles. The smallest absolute Gasteiger partial charge is 0.128 e. The molecule has 0 N–H and O–H groups in total. The molecule has 6 heteroatoms. The molecule has 1 aliphatic rings. The molecule has 0 bridgehead atoms. The van der Waals surface area contributed by atoms with Gasteiger partial charge in [0.2, 0.25) is 0 Å². The van der Waals surface area contributed by atoms with Crippen LogP contribution in [0.15, 0.2) is 176 Å². The molecular formula is C48H30FN2PdSSi-3. The first-order valence-electron chi connectivity index (χ1n) is 17.7. The summed E-state index contributed by atoms with van der Waals surface area (Å²) in [7, 11) is -2.99. The number of hydrogen-bond donors (Lipinski definition) is 0. The zero-order chi connectivity index (χ0) is 35.4. The van der Waals surface area contributed by atoms with Crippen LogP contribution in [0.25, 0.3) is 31.4 Å². The molecule has 3 heterocycles. The van der Waals surface area contributed by atoms with Crippen molar-refractivity contribution in [2.75, 3.05) is 4.90 Å². The van der Waals surface area contributed by atoms with Gasteiger partial charge in [-0.1, -0.05) is 118 Å². The molecule has 1 atom stereocenters. The maximum absolute atomic E-state index is 16.7. The number of para-hydroxylation sites is 1. The van der Waals surface area contributed by atoms with E-state index in [2.05, 4.69) is 137 Å². The Morgan fingerprint density at radius 2 is 1.33 bits per heavy atom. The second kappa shape index (κ2) is 14.1. The van der Waals surface area contributed by atoms with Crippen LogP contribution in [0.4, 0.5) is 21.5 Å². The van der Waals surface area contributed by atoms with Gasteiger partial charge in [-0.2, -0.15) is 42.5 Å². The number of anilines is 3. The van der Waals surface area contributed by atoms with Crippen molar-refractivity contribution in [1.29, 1.82) is 0 Å². The van der Waals surface area contributed by atoms with Crippen molar-refractivity contribution >= 4 is 77.4 Å². The van der Waals surface area contributed by atoms with E-state index in [9.17, 15) is 0 Å². The number of pyridine rings is 1. The van der Waals surface area contributed by atoms with Crippen molar-refractivity contribution < 1.29 is 24.8 Å². The summed E-state index contributed by atoms with van der Waals surface area (Å²) in [6, 6.07) is 69.4. The summed E-state index contributed by atoms with van der Waals surface area (Å²) >= 11 is 1.84. The summed E-state index contributed by atoms with van der Waals surface area (Å²) in [5.74, 6) is 0. The van der Waals surface area contributed by atoms with Crippen molar-refractivity contribution in [2.45, 2.75) is 6.17 Å². The maximum atomic E-state index is 16.7. The van der Waals surface area contributed by atoms with Gasteiger partial charge >= 0.3 is 0 Å². The van der Waals surface area contributed by atoms with E-state index in [1.54, 1.807) is 12.3 Å². The molecule has 0 radical (unpaired) electrons. The van der Waals surface area contributed by atoms with Crippen molar-refractivity contribution in [1.82, 2.24) is 4.98 Å². The van der Waals surface area contributed by atoms with Gasteiger partial charge in [0.15, 0.2) is 0 Å². The van der Waals surface area contributed by atoms with Crippen LogP contribution in [0.2, 0.25) is 0 Å². The van der Waals surface area contributed by atoms with E-state index in [4.69, 9.17) is 0 Å². The van der Waals surface area contributed by atoms with E-state index in [-0.39, 0.29) is 20.4 Å². The number of thiophene rings is 1. The van der Waals surface area contributed by atoms with Crippen LogP contribution in [0.5, 0.6) is 0 Å². The van der Waals surface area contributed by atoms with Crippen LogP contribution in [-0.4, -0.2) is 13.1 Å². The number of hydrogen-bond acceptors (Lipinski definition) is 3. The molecule has 0 aliphatic carbocycles. The van der Waals surface area contributed by atoms with Gasteiger partial charge in [-0.05, 0) is 35.1 Å². The van der Waals surface area contributed by atoms with Crippen molar-refractivity contribution in [3.8, 4) is 11.3 Å². The van der Waals surface area contributed by atoms with Gasteiger partial charge in [-0.15, -0.1) is 58.0 Å². The molecule has 0 saturated heterocycles. The Kier molecular flexibility index (Phi) is 8.93. The fourth-order valence-electron chi connectivity index (χ4n) is 8.16. The molecule has 262 valence electrons. The summed E-state index contributed by atoms with van der Waals surface area (Å²) in [6.07, 6.45) is 0.304. The Morgan fingerprint density at radius 3 is 2.09 bits per heavy atom. The maximum Gasteiger partial charge on any atom is 0.128 e. The molecule has 9 aromatic rings. The van der Waals surface area contributed by atoms with Gasteiger partial charge in [0, 0.05) is 52.5 Å². The molecule has 1 unspecified atom stereocenters. The van der Waals surface area contributed by atoms with Crippen LogP contribution in [0.1, 0.15) is 17.3 Å². The normalized spacial score (nSPS) is 13.5. The molecule has 0 fully saturated rings. The van der Waals surface area contributed by atoms with Gasteiger partial charge in [0.05, 0.1) is 0 Å². The molecule has 1 aliphatic heterocycles. The van der Waals surface area contributed by atoms with E-state index in [0.717, 1.165) is 28.3 Å². The summed E-state index contributed by atoms with van der Waals surface area (Å²) < 4.78 is 19.2. The second-order valence-corrected chi connectivity index (χ2v) is 18.0. The summed E-state index contributed by atoms with van der Waals surface area (Å²) in [6.45, 7) is 0. The van der Waals surface area contributed by atoms with Crippen LogP contribution in [-0.2, 0) is 20.4 Å². The van der Waals surface area contributed by atoms with Gasteiger partial charge in [-0.25, -0.2) is 4.39 Å². The Labute approximate surface area is 332 Å². The van der Waals surface area contributed by atoms with Gasteiger partial charge in [0.1, 0.15) is 14.2 Å². The number of aromatic nitrogens is 1. The number of fused-ring (bicyclic) bond motifs is 6. The Hall–Kier alpha value is -5.48. The number of rotatable bonds is 6. The molecule has 54 heavy (non-hydrogen) atoms. The first-order valence-corrected chi connectivity index (χ1v) is 20.5. The van der Waals surface area contributed by atoms with E-state index >= 15 is 4.39 Å². The standard InChI is InChI=1S/C48H30FN2SSi.Pd/c49-47(34-16-13-15-33(31-34)40-24-11-12-30-50-40)35-17-14-18-36(32-35)51-41-25-8-10-27-45(41)53(37-19-3-1-4-20-37,38-21-5-2-6-22-38)48-42(51)28-29-44-46(48)39-23-7-9-26-43(39)52-44;/h1-24,26-30,47H;/q-3;. The van der Waals surface area contributed by atoms with Gasteiger partial charge < -0.3 is 9.88 Å². The molecule has 10 rings (SSSR count). The first-order chi connectivity index (χ1) is 26.2. The number of nitrogens with zero attached hydrogens (tertiary/aromatic N) is 2. The SMILES string of the molecule is FC(c1[c-]c(-c2ccccn2)ccc1)c1[c-]c(N2c3[c-]cccc3[Si](c3ccccc3)(c3ccccc3)c3c2ccc2sc4ccccc4c32)ccc1.[Pd]. The van der Waals surface area contributed by atoms with Crippen LogP contribution in [0.3, 0.4) is 0 Å². The predicted octanol–water partition coefficient (Wildman–Crippen LogP) is 9.73. The molecule has 0 spiro atoms. The van der Waals surface area contributed by atoms with Gasteiger partial charge in [-0.3, -0.25) is 0 Å². The monoisotopic (exact) mass is 819 g/mol. The van der Waals surface area contributed by atoms with E-state index < -0.39 is 14.2 Å².